The quantitative estimate of drug-likeness (QED) is 0.740. The van der Waals surface area contributed by atoms with Crippen LogP contribution in [0.5, 0.6) is 0 Å². The van der Waals surface area contributed by atoms with Crippen molar-refractivity contribution >= 4 is 27.7 Å². The van der Waals surface area contributed by atoms with E-state index >= 15 is 0 Å². The topological polar surface area (TPSA) is 12.0 Å². The monoisotopic (exact) mass is 329 g/mol. The van der Waals surface area contributed by atoms with Gasteiger partial charge in [-0.05, 0) is 49.6 Å². The minimum absolute atomic E-state index is 0.428. The van der Waals surface area contributed by atoms with Crippen LogP contribution in [0.25, 0.3) is 0 Å². The van der Waals surface area contributed by atoms with Crippen molar-refractivity contribution in [2.24, 2.45) is 5.41 Å². The molecule has 1 rings (SSSR count). The van der Waals surface area contributed by atoms with Gasteiger partial charge >= 0.3 is 0 Å². The summed E-state index contributed by atoms with van der Waals surface area (Å²) >= 11 is 5.39. The van der Waals surface area contributed by atoms with Crippen molar-refractivity contribution in [2.75, 3.05) is 12.8 Å². The second kappa shape index (κ2) is 7.56. The van der Waals surface area contributed by atoms with E-state index in [1.807, 2.05) is 11.8 Å². The predicted octanol–water partition coefficient (Wildman–Crippen LogP) is 4.96. The highest BCUT2D eigenvalue weighted by molar-refractivity contribution is 9.10. The van der Waals surface area contributed by atoms with Gasteiger partial charge in [-0.1, -0.05) is 36.7 Å². The maximum atomic E-state index is 3.46. The van der Waals surface area contributed by atoms with Crippen molar-refractivity contribution < 1.29 is 0 Å². The lowest BCUT2D eigenvalue weighted by Crippen LogP contribution is -2.29. The Morgan fingerprint density at radius 2 is 1.83 bits per heavy atom. The van der Waals surface area contributed by atoms with Gasteiger partial charge in [0.1, 0.15) is 0 Å². The van der Waals surface area contributed by atoms with Crippen molar-refractivity contribution in [3.05, 3.63) is 28.7 Å². The highest BCUT2D eigenvalue weighted by Crippen LogP contribution is 2.25. The first-order chi connectivity index (χ1) is 8.40. The number of nitrogens with one attached hydrogen (secondary N) is 1. The zero-order valence-corrected chi connectivity index (χ0v) is 14.2. The van der Waals surface area contributed by atoms with Gasteiger partial charge < -0.3 is 5.32 Å². The third-order valence-electron chi connectivity index (χ3n) is 2.92. The van der Waals surface area contributed by atoms with Gasteiger partial charge in [-0.15, -0.1) is 11.8 Å². The average molecular weight is 330 g/mol. The molecule has 102 valence electrons. The summed E-state index contributed by atoms with van der Waals surface area (Å²) in [5.41, 5.74) is 0.428. The number of hydrogen-bond donors (Lipinski definition) is 1. The Bertz CT molecular complexity index is 343. The summed E-state index contributed by atoms with van der Waals surface area (Å²) in [5, 5.41) is 3.43. The molecule has 1 unspecified atom stereocenters. The van der Waals surface area contributed by atoms with Gasteiger partial charge in [-0.2, -0.15) is 0 Å². The summed E-state index contributed by atoms with van der Waals surface area (Å²) in [6, 6.07) is 9.15. The molecule has 1 N–H and O–H groups in total. The Hall–Kier alpha value is 0.01000. The predicted molar refractivity (Wildman–Crippen MR) is 86.4 cm³/mol. The molecule has 1 aromatic rings. The smallest absolute Gasteiger partial charge is 0.0176 e. The van der Waals surface area contributed by atoms with Crippen LogP contribution in [0.15, 0.2) is 33.6 Å². The molecule has 18 heavy (non-hydrogen) atoms. The fraction of sp³-hybridized carbons (Fsp3) is 0.600. The number of thioether (sulfide) groups is 1. The number of benzene rings is 1. The van der Waals surface area contributed by atoms with E-state index in [0.717, 1.165) is 10.2 Å². The summed E-state index contributed by atoms with van der Waals surface area (Å²) < 4.78 is 1.14. The Balaban J connectivity index is 2.37. The van der Waals surface area contributed by atoms with Crippen molar-refractivity contribution in [2.45, 2.75) is 44.6 Å². The minimum Gasteiger partial charge on any atom is -0.316 e. The summed E-state index contributed by atoms with van der Waals surface area (Å²) in [7, 11) is 2.06. The average Bonchev–Trinajstić information content (AvgIpc) is 2.30. The fourth-order valence-corrected chi connectivity index (χ4v) is 2.97. The molecule has 1 atom stereocenters. The molecule has 0 amide bonds. The molecule has 0 saturated carbocycles. The standard InChI is InChI=1S/C15H24BrNS/c1-15(2,3)10-9-13(17-4)11-18-14-7-5-12(16)6-8-14/h5-8,13,17H,9-11H2,1-4H3. The molecule has 0 aliphatic carbocycles. The second-order valence-electron chi connectivity index (χ2n) is 5.85. The van der Waals surface area contributed by atoms with E-state index in [9.17, 15) is 0 Å². The molecule has 3 heteroatoms. The normalized spacial score (nSPS) is 13.6. The van der Waals surface area contributed by atoms with Gasteiger partial charge in [0.05, 0.1) is 0 Å². The van der Waals surface area contributed by atoms with Crippen LogP contribution in [0.3, 0.4) is 0 Å². The zero-order chi connectivity index (χ0) is 13.6. The molecule has 0 spiro atoms. The minimum atomic E-state index is 0.428. The van der Waals surface area contributed by atoms with Gasteiger partial charge in [0.15, 0.2) is 0 Å². The van der Waals surface area contributed by atoms with E-state index in [-0.39, 0.29) is 0 Å². The van der Waals surface area contributed by atoms with Gasteiger partial charge in [-0.3, -0.25) is 0 Å². The van der Waals surface area contributed by atoms with Crippen LogP contribution in [-0.4, -0.2) is 18.8 Å². The highest BCUT2D eigenvalue weighted by atomic mass is 79.9. The van der Waals surface area contributed by atoms with Crippen molar-refractivity contribution in [3.63, 3.8) is 0 Å². The number of rotatable bonds is 6. The Morgan fingerprint density at radius 3 is 2.33 bits per heavy atom. The van der Waals surface area contributed by atoms with Crippen LogP contribution in [-0.2, 0) is 0 Å². The molecule has 1 nitrogen and oxygen atoms in total. The molecule has 0 aliphatic heterocycles. The summed E-state index contributed by atoms with van der Waals surface area (Å²) in [6.07, 6.45) is 2.50. The first kappa shape index (κ1) is 16.1. The van der Waals surface area contributed by atoms with Crippen LogP contribution < -0.4 is 5.32 Å². The summed E-state index contributed by atoms with van der Waals surface area (Å²) in [4.78, 5) is 1.34. The van der Waals surface area contributed by atoms with E-state index in [2.05, 4.69) is 73.3 Å². The van der Waals surface area contributed by atoms with Crippen molar-refractivity contribution in [3.8, 4) is 0 Å². The first-order valence-corrected chi connectivity index (χ1v) is 8.24. The lowest BCUT2D eigenvalue weighted by molar-refractivity contribution is 0.343. The number of hydrogen-bond acceptors (Lipinski definition) is 2. The molecule has 0 heterocycles. The molecule has 0 saturated heterocycles. The lowest BCUT2D eigenvalue weighted by Gasteiger charge is -2.22. The van der Waals surface area contributed by atoms with Crippen molar-refractivity contribution in [1.29, 1.82) is 0 Å². The van der Waals surface area contributed by atoms with E-state index in [0.29, 0.717) is 11.5 Å². The molecule has 0 radical (unpaired) electrons. The third kappa shape index (κ3) is 6.81. The van der Waals surface area contributed by atoms with Crippen LogP contribution in [0.1, 0.15) is 33.6 Å². The van der Waals surface area contributed by atoms with Gasteiger partial charge in [-0.25, -0.2) is 0 Å². The third-order valence-corrected chi connectivity index (χ3v) is 4.62. The van der Waals surface area contributed by atoms with Gasteiger partial charge in [0, 0.05) is 21.2 Å². The first-order valence-electron chi connectivity index (χ1n) is 6.46. The van der Waals surface area contributed by atoms with Gasteiger partial charge in [0.25, 0.3) is 0 Å². The molecular formula is C15H24BrNS. The van der Waals surface area contributed by atoms with Crippen LogP contribution in [0.2, 0.25) is 0 Å². The SMILES string of the molecule is CNC(CCC(C)(C)C)CSc1ccc(Br)cc1. The van der Waals surface area contributed by atoms with E-state index in [4.69, 9.17) is 0 Å². The van der Waals surface area contributed by atoms with Crippen molar-refractivity contribution in [1.82, 2.24) is 5.32 Å². The number of halogens is 1. The maximum absolute atomic E-state index is 3.46. The Labute approximate surface area is 124 Å². The summed E-state index contributed by atoms with van der Waals surface area (Å²) in [5.74, 6) is 1.13. The Kier molecular flexibility index (Phi) is 6.75. The van der Waals surface area contributed by atoms with Gasteiger partial charge in [0.2, 0.25) is 0 Å². The lowest BCUT2D eigenvalue weighted by atomic mass is 9.89. The largest absolute Gasteiger partial charge is 0.316 e. The molecule has 0 bridgehead atoms. The molecule has 0 aromatic heterocycles. The zero-order valence-electron chi connectivity index (χ0n) is 11.8. The van der Waals surface area contributed by atoms with Crippen LogP contribution >= 0.6 is 27.7 Å². The molecule has 0 fully saturated rings. The summed E-state index contributed by atoms with van der Waals surface area (Å²) in [6.45, 7) is 6.92. The van der Waals surface area contributed by atoms with E-state index in [1.54, 1.807) is 0 Å². The Morgan fingerprint density at radius 1 is 1.22 bits per heavy atom. The maximum Gasteiger partial charge on any atom is 0.0176 e. The van der Waals surface area contributed by atoms with Crippen LogP contribution in [0, 0.1) is 5.41 Å². The van der Waals surface area contributed by atoms with Crippen LogP contribution in [0.4, 0.5) is 0 Å². The van der Waals surface area contributed by atoms with E-state index < -0.39 is 0 Å². The molecule has 0 aliphatic rings. The second-order valence-corrected chi connectivity index (χ2v) is 7.86. The molecule has 1 aromatic carbocycles. The highest BCUT2D eigenvalue weighted by Gasteiger charge is 2.14. The molecular weight excluding hydrogens is 306 g/mol. The van der Waals surface area contributed by atoms with E-state index in [1.165, 1.54) is 17.7 Å². The fourth-order valence-electron chi connectivity index (χ4n) is 1.65.